The molecule has 0 aliphatic carbocycles. The maximum Gasteiger partial charge on any atom is 0.356 e. The molecule has 0 saturated carbocycles. The maximum absolute atomic E-state index is 11.1. The lowest BCUT2D eigenvalue weighted by Gasteiger charge is -2.02. The number of rotatable bonds is 3. The van der Waals surface area contributed by atoms with Gasteiger partial charge in [0.2, 0.25) is 0 Å². The molecule has 0 radical (unpaired) electrons. The number of methoxy groups -OCH3 is 1. The molecular weight excluding hydrogens is 178 g/mol. The van der Waals surface area contributed by atoms with Crippen molar-refractivity contribution in [1.82, 2.24) is 4.98 Å². The van der Waals surface area contributed by atoms with Crippen molar-refractivity contribution in [3.8, 4) is 0 Å². The molecule has 0 aromatic carbocycles. The number of hydrogen-bond donors (Lipinski definition) is 0. The molecule has 74 valence electrons. The van der Waals surface area contributed by atoms with Crippen molar-refractivity contribution >= 4 is 11.5 Å². The summed E-state index contributed by atoms with van der Waals surface area (Å²) in [5.74, 6) is -0.418. The van der Waals surface area contributed by atoms with Crippen molar-refractivity contribution in [3.63, 3.8) is 0 Å². The Bertz CT molecular complexity index is 306. The normalized spacial score (nSPS) is 9.57. The smallest absolute Gasteiger partial charge is 0.356 e. The second kappa shape index (κ2) is 4.56. The Balaban J connectivity index is 2.89. The first-order valence-corrected chi connectivity index (χ1v) is 4.41. The summed E-state index contributed by atoms with van der Waals surface area (Å²) in [6.07, 6.45) is 2.51. The molecule has 1 heterocycles. The molecule has 3 heteroatoms. The van der Waals surface area contributed by atoms with Crippen LogP contribution in [0.4, 0.5) is 0 Å². The van der Waals surface area contributed by atoms with Gasteiger partial charge in [-0.15, -0.1) is 0 Å². The van der Waals surface area contributed by atoms with Crippen molar-refractivity contribution in [1.29, 1.82) is 0 Å². The van der Waals surface area contributed by atoms with Crippen LogP contribution in [0.25, 0.3) is 5.57 Å². The van der Waals surface area contributed by atoms with E-state index in [0.717, 1.165) is 17.6 Å². The van der Waals surface area contributed by atoms with Gasteiger partial charge in [-0.05, 0) is 23.6 Å². The summed E-state index contributed by atoms with van der Waals surface area (Å²) in [5, 5.41) is 0. The zero-order valence-corrected chi connectivity index (χ0v) is 8.41. The molecule has 1 rings (SSSR count). The monoisotopic (exact) mass is 191 g/mol. The maximum atomic E-state index is 11.1. The van der Waals surface area contributed by atoms with E-state index in [1.807, 2.05) is 13.0 Å². The molecule has 0 bridgehead atoms. The average molecular weight is 191 g/mol. The zero-order chi connectivity index (χ0) is 10.6. The standard InChI is InChI=1S/C11H13NO2/c1-4-8(2)9-5-6-10(12-7-9)11(13)14-3/h5-7H,2,4H2,1,3H3. The molecule has 3 nitrogen and oxygen atoms in total. The highest BCUT2D eigenvalue weighted by Crippen LogP contribution is 2.14. The van der Waals surface area contributed by atoms with Crippen molar-refractivity contribution in [2.24, 2.45) is 0 Å². The molecule has 1 aromatic rings. The van der Waals surface area contributed by atoms with E-state index in [0.29, 0.717) is 5.69 Å². The number of hydrogen-bond acceptors (Lipinski definition) is 3. The number of pyridine rings is 1. The van der Waals surface area contributed by atoms with Crippen LogP contribution in [0.5, 0.6) is 0 Å². The topological polar surface area (TPSA) is 39.2 Å². The van der Waals surface area contributed by atoms with E-state index >= 15 is 0 Å². The zero-order valence-electron chi connectivity index (χ0n) is 8.41. The van der Waals surface area contributed by atoms with Gasteiger partial charge in [0.1, 0.15) is 5.69 Å². The molecule has 0 unspecified atom stereocenters. The predicted octanol–water partition coefficient (Wildman–Crippen LogP) is 2.29. The highest BCUT2D eigenvalue weighted by atomic mass is 16.5. The van der Waals surface area contributed by atoms with E-state index in [2.05, 4.69) is 16.3 Å². The number of ether oxygens (including phenoxy) is 1. The van der Waals surface area contributed by atoms with E-state index in [1.54, 1.807) is 12.3 Å². The molecule has 1 aromatic heterocycles. The summed E-state index contributed by atoms with van der Waals surface area (Å²) in [4.78, 5) is 15.0. The second-order valence-electron chi connectivity index (χ2n) is 2.88. The number of carbonyl (C=O) groups excluding carboxylic acids is 1. The van der Waals surface area contributed by atoms with Crippen LogP contribution in [0, 0.1) is 0 Å². The summed E-state index contributed by atoms with van der Waals surface area (Å²) in [6, 6.07) is 3.47. The molecule has 0 N–H and O–H groups in total. The largest absolute Gasteiger partial charge is 0.464 e. The summed E-state index contributed by atoms with van der Waals surface area (Å²) in [6.45, 7) is 5.91. The van der Waals surface area contributed by atoms with Crippen molar-refractivity contribution in [2.75, 3.05) is 7.11 Å². The van der Waals surface area contributed by atoms with Crippen LogP contribution in [0.3, 0.4) is 0 Å². The van der Waals surface area contributed by atoms with Gasteiger partial charge in [-0.25, -0.2) is 9.78 Å². The van der Waals surface area contributed by atoms with Crippen LogP contribution in [0.2, 0.25) is 0 Å². The Kier molecular flexibility index (Phi) is 3.40. The minimum Gasteiger partial charge on any atom is -0.464 e. The Hall–Kier alpha value is -1.64. The molecular formula is C11H13NO2. The van der Waals surface area contributed by atoms with E-state index in [4.69, 9.17) is 0 Å². The molecule has 14 heavy (non-hydrogen) atoms. The van der Waals surface area contributed by atoms with Crippen molar-refractivity contribution in [2.45, 2.75) is 13.3 Å². The fourth-order valence-corrected chi connectivity index (χ4v) is 1.03. The van der Waals surface area contributed by atoms with Gasteiger partial charge >= 0.3 is 5.97 Å². The first kappa shape index (κ1) is 10.4. The number of nitrogens with zero attached hydrogens (tertiary/aromatic N) is 1. The Labute approximate surface area is 83.4 Å². The van der Waals surface area contributed by atoms with E-state index < -0.39 is 5.97 Å². The predicted molar refractivity (Wildman–Crippen MR) is 54.9 cm³/mol. The minimum absolute atomic E-state index is 0.320. The quantitative estimate of drug-likeness (QED) is 0.688. The van der Waals surface area contributed by atoms with Crippen LogP contribution < -0.4 is 0 Å². The number of carbonyl (C=O) groups is 1. The third-order valence-electron chi connectivity index (χ3n) is 1.99. The molecule has 0 saturated heterocycles. The lowest BCUT2D eigenvalue weighted by atomic mass is 10.1. The van der Waals surface area contributed by atoms with E-state index in [9.17, 15) is 4.79 Å². The lowest BCUT2D eigenvalue weighted by molar-refractivity contribution is 0.0594. The van der Waals surface area contributed by atoms with Gasteiger partial charge in [0.15, 0.2) is 0 Å². The Morgan fingerprint density at radius 3 is 2.71 bits per heavy atom. The third-order valence-corrected chi connectivity index (χ3v) is 1.99. The van der Waals surface area contributed by atoms with Gasteiger partial charge in [0.05, 0.1) is 7.11 Å². The number of esters is 1. The van der Waals surface area contributed by atoms with Gasteiger partial charge in [-0.1, -0.05) is 19.6 Å². The third kappa shape index (κ3) is 2.19. The Morgan fingerprint density at radius 1 is 1.57 bits per heavy atom. The number of aromatic nitrogens is 1. The summed E-state index contributed by atoms with van der Waals surface area (Å²) in [5.41, 5.74) is 2.29. The molecule has 0 spiro atoms. The van der Waals surface area contributed by atoms with Crippen LogP contribution in [-0.2, 0) is 4.74 Å². The molecule has 0 atom stereocenters. The fourth-order valence-electron chi connectivity index (χ4n) is 1.03. The minimum atomic E-state index is -0.418. The van der Waals surface area contributed by atoms with Gasteiger partial charge in [0, 0.05) is 6.20 Å². The van der Waals surface area contributed by atoms with E-state index in [-0.39, 0.29) is 0 Å². The number of allylic oxidation sites excluding steroid dienone is 1. The lowest BCUT2D eigenvalue weighted by Crippen LogP contribution is -2.03. The van der Waals surface area contributed by atoms with Crippen LogP contribution >= 0.6 is 0 Å². The van der Waals surface area contributed by atoms with Crippen LogP contribution in [0.1, 0.15) is 29.4 Å². The van der Waals surface area contributed by atoms with Gasteiger partial charge in [0.25, 0.3) is 0 Å². The van der Waals surface area contributed by atoms with Gasteiger partial charge < -0.3 is 4.74 Å². The molecule has 0 amide bonds. The van der Waals surface area contributed by atoms with Crippen molar-refractivity contribution in [3.05, 3.63) is 36.2 Å². The summed E-state index contributed by atoms with van der Waals surface area (Å²) >= 11 is 0. The fraction of sp³-hybridized carbons (Fsp3) is 0.273. The highest BCUT2D eigenvalue weighted by molar-refractivity contribution is 5.87. The molecule has 0 fully saturated rings. The summed E-state index contributed by atoms with van der Waals surface area (Å²) in [7, 11) is 1.34. The van der Waals surface area contributed by atoms with Crippen LogP contribution in [-0.4, -0.2) is 18.1 Å². The van der Waals surface area contributed by atoms with Crippen molar-refractivity contribution < 1.29 is 9.53 Å². The first-order valence-electron chi connectivity index (χ1n) is 4.41. The van der Waals surface area contributed by atoms with E-state index in [1.165, 1.54) is 7.11 Å². The first-order chi connectivity index (χ1) is 6.69. The second-order valence-corrected chi connectivity index (χ2v) is 2.88. The Morgan fingerprint density at radius 2 is 2.29 bits per heavy atom. The SMILES string of the molecule is C=C(CC)c1ccc(C(=O)OC)nc1. The van der Waals surface area contributed by atoms with Gasteiger partial charge in [-0.3, -0.25) is 0 Å². The average Bonchev–Trinajstić information content (AvgIpc) is 2.27. The highest BCUT2D eigenvalue weighted by Gasteiger charge is 2.06. The van der Waals surface area contributed by atoms with Crippen LogP contribution in [0.15, 0.2) is 24.9 Å². The van der Waals surface area contributed by atoms with Gasteiger partial charge in [-0.2, -0.15) is 0 Å². The molecule has 0 aliphatic heterocycles. The summed E-state index contributed by atoms with van der Waals surface area (Å²) < 4.78 is 4.54. The molecule has 0 aliphatic rings.